The number of methoxy groups -OCH3 is 1. The van der Waals surface area contributed by atoms with Gasteiger partial charge in [-0.3, -0.25) is 0 Å². The van der Waals surface area contributed by atoms with Crippen molar-refractivity contribution in [2.75, 3.05) is 33.5 Å². The summed E-state index contributed by atoms with van der Waals surface area (Å²) < 4.78 is 16.7. The van der Waals surface area contributed by atoms with Crippen molar-refractivity contribution in [3.63, 3.8) is 0 Å². The Balaban J connectivity index is 2.41. The number of fused-ring (bicyclic) bond motifs is 1. The smallest absolute Gasteiger partial charge is 0.134 e. The van der Waals surface area contributed by atoms with Crippen molar-refractivity contribution in [1.82, 2.24) is 0 Å². The third-order valence-electron chi connectivity index (χ3n) is 4.18. The molecule has 0 aliphatic rings. The molecule has 2 aromatic rings. The fourth-order valence-corrected chi connectivity index (χ4v) is 2.78. The lowest BCUT2D eigenvalue weighted by Gasteiger charge is -2.24. The van der Waals surface area contributed by atoms with Gasteiger partial charge >= 0.3 is 0 Å². The minimum absolute atomic E-state index is 0.198. The van der Waals surface area contributed by atoms with Gasteiger partial charge in [0.15, 0.2) is 0 Å². The minimum Gasteiger partial charge on any atom is -0.496 e. The Morgan fingerprint density at radius 3 is 2.26 bits per heavy atom. The van der Waals surface area contributed by atoms with E-state index in [1.54, 1.807) is 19.3 Å². The summed E-state index contributed by atoms with van der Waals surface area (Å²) in [5, 5.41) is 2.15. The number of carbonyl (C=O) groups is 1. The van der Waals surface area contributed by atoms with Gasteiger partial charge in [0.1, 0.15) is 12.0 Å². The van der Waals surface area contributed by atoms with Crippen molar-refractivity contribution in [1.29, 1.82) is 0 Å². The molecule has 0 unspecified atom stereocenters. The average Bonchev–Trinajstić information content (AvgIpc) is 2.71. The molecular formula is C23H26O4. The standard InChI is InChI=1S/C23H26O4/c1-4-14-26-17-23(16-24,18-27-15-5-2)13-12-21-20-9-7-6-8-19(20)10-11-22(21)25-3/h4-13,16H,1-2,14-15,17-18H2,3H3. The third kappa shape index (κ3) is 5.39. The second kappa shape index (κ2) is 10.5. The molecule has 0 bridgehead atoms. The van der Waals surface area contributed by atoms with E-state index in [-0.39, 0.29) is 13.2 Å². The van der Waals surface area contributed by atoms with E-state index in [0.29, 0.717) is 13.2 Å². The number of benzene rings is 2. The molecule has 0 saturated carbocycles. The van der Waals surface area contributed by atoms with E-state index in [0.717, 1.165) is 28.4 Å². The van der Waals surface area contributed by atoms with Crippen LogP contribution < -0.4 is 4.74 Å². The highest BCUT2D eigenvalue weighted by Gasteiger charge is 2.28. The Hall–Kier alpha value is -2.69. The van der Waals surface area contributed by atoms with Gasteiger partial charge in [0.2, 0.25) is 0 Å². The number of ether oxygens (including phenoxy) is 3. The maximum absolute atomic E-state index is 12.0. The summed E-state index contributed by atoms with van der Waals surface area (Å²) in [5.41, 5.74) is 0.00260. The predicted molar refractivity (Wildman–Crippen MR) is 110 cm³/mol. The lowest BCUT2D eigenvalue weighted by atomic mass is 9.90. The number of rotatable bonds is 12. The van der Waals surface area contributed by atoms with E-state index in [9.17, 15) is 4.79 Å². The molecule has 0 aliphatic heterocycles. The first-order valence-electron chi connectivity index (χ1n) is 8.78. The van der Waals surface area contributed by atoms with Gasteiger partial charge in [-0.05, 0) is 16.8 Å². The van der Waals surface area contributed by atoms with E-state index < -0.39 is 5.41 Å². The van der Waals surface area contributed by atoms with E-state index in [2.05, 4.69) is 13.2 Å². The van der Waals surface area contributed by atoms with Crippen LogP contribution in [0.15, 0.2) is 67.8 Å². The van der Waals surface area contributed by atoms with Gasteiger partial charge in [0, 0.05) is 5.56 Å². The van der Waals surface area contributed by atoms with Crippen LogP contribution in [0.3, 0.4) is 0 Å². The van der Waals surface area contributed by atoms with E-state index >= 15 is 0 Å². The number of hydrogen-bond donors (Lipinski definition) is 0. The molecule has 0 atom stereocenters. The number of carbonyl (C=O) groups excluding carboxylic acids is 1. The monoisotopic (exact) mass is 366 g/mol. The first-order chi connectivity index (χ1) is 13.2. The maximum Gasteiger partial charge on any atom is 0.134 e. The lowest BCUT2D eigenvalue weighted by molar-refractivity contribution is -0.119. The molecular weight excluding hydrogens is 340 g/mol. The van der Waals surface area contributed by atoms with Crippen LogP contribution in [0.25, 0.3) is 16.8 Å². The molecule has 142 valence electrons. The zero-order chi connectivity index (χ0) is 19.5. The summed E-state index contributed by atoms with van der Waals surface area (Å²) in [6, 6.07) is 12.0. The Morgan fingerprint density at radius 2 is 1.67 bits per heavy atom. The van der Waals surface area contributed by atoms with Gasteiger partial charge < -0.3 is 19.0 Å². The summed E-state index contributed by atoms with van der Waals surface area (Å²) in [6.07, 6.45) is 7.91. The van der Waals surface area contributed by atoms with Crippen LogP contribution in [-0.2, 0) is 14.3 Å². The molecule has 0 spiro atoms. The molecule has 27 heavy (non-hydrogen) atoms. The molecule has 2 aromatic carbocycles. The number of aldehydes is 1. The molecule has 0 saturated heterocycles. The van der Waals surface area contributed by atoms with Crippen molar-refractivity contribution < 1.29 is 19.0 Å². The largest absolute Gasteiger partial charge is 0.496 e. The molecule has 0 N–H and O–H groups in total. The van der Waals surface area contributed by atoms with Gasteiger partial charge in [0.25, 0.3) is 0 Å². The molecule has 0 aliphatic carbocycles. The van der Waals surface area contributed by atoms with E-state index in [4.69, 9.17) is 14.2 Å². The molecule has 0 fully saturated rings. The highest BCUT2D eigenvalue weighted by molar-refractivity contribution is 5.93. The summed E-state index contributed by atoms with van der Waals surface area (Å²) in [7, 11) is 1.63. The van der Waals surface area contributed by atoms with Gasteiger partial charge in [-0.2, -0.15) is 0 Å². The van der Waals surface area contributed by atoms with Crippen molar-refractivity contribution in [2.45, 2.75) is 0 Å². The van der Waals surface area contributed by atoms with Gasteiger partial charge in [-0.1, -0.05) is 54.6 Å². The average molecular weight is 366 g/mol. The zero-order valence-corrected chi connectivity index (χ0v) is 15.7. The van der Waals surface area contributed by atoms with Crippen molar-refractivity contribution in [2.24, 2.45) is 5.41 Å². The Kier molecular flexibility index (Phi) is 7.99. The molecule has 0 amide bonds. The highest BCUT2D eigenvalue weighted by atomic mass is 16.5. The quantitative estimate of drug-likeness (QED) is 0.316. The third-order valence-corrected chi connectivity index (χ3v) is 4.18. The van der Waals surface area contributed by atoms with Crippen LogP contribution in [0, 0.1) is 5.41 Å². The molecule has 0 aromatic heterocycles. The Labute approximate surface area is 160 Å². The molecule has 4 heteroatoms. The van der Waals surface area contributed by atoms with Gasteiger partial charge in [-0.15, -0.1) is 13.2 Å². The highest BCUT2D eigenvalue weighted by Crippen LogP contribution is 2.31. The zero-order valence-electron chi connectivity index (χ0n) is 15.7. The van der Waals surface area contributed by atoms with Crippen molar-refractivity contribution in [3.05, 3.63) is 73.3 Å². The summed E-state index contributed by atoms with van der Waals surface area (Å²) in [6.45, 7) is 8.40. The summed E-state index contributed by atoms with van der Waals surface area (Å²) in [4.78, 5) is 12.0. The first-order valence-corrected chi connectivity index (χ1v) is 8.78. The van der Waals surface area contributed by atoms with Crippen molar-refractivity contribution >= 4 is 23.1 Å². The Morgan fingerprint density at radius 1 is 1.00 bits per heavy atom. The summed E-state index contributed by atoms with van der Waals surface area (Å²) >= 11 is 0. The SMILES string of the molecule is C=CCOCC(C=O)(C=Cc1c(OC)ccc2ccccc12)COCC=C. The van der Waals surface area contributed by atoms with Crippen molar-refractivity contribution in [3.8, 4) is 5.75 Å². The predicted octanol–water partition coefficient (Wildman–Crippen LogP) is 4.45. The number of hydrogen-bond acceptors (Lipinski definition) is 4. The summed E-state index contributed by atoms with van der Waals surface area (Å²) in [5.74, 6) is 0.740. The van der Waals surface area contributed by atoms with Crippen LogP contribution in [0.2, 0.25) is 0 Å². The maximum atomic E-state index is 12.0. The van der Waals surface area contributed by atoms with Crippen LogP contribution in [-0.4, -0.2) is 39.8 Å². The first kappa shape index (κ1) is 20.6. The van der Waals surface area contributed by atoms with Crippen LogP contribution >= 0.6 is 0 Å². The van der Waals surface area contributed by atoms with Crippen LogP contribution in [0.1, 0.15) is 5.56 Å². The minimum atomic E-state index is -0.909. The Bertz CT molecular complexity index is 793. The fraction of sp³-hybridized carbons (Fsp3) is 0.261. The molecule has 4 nitrogen and oxygen atoms in total. The van der Waals surface area contributed by atoms with Crippen LogP contribution in [0.5, 0.6) is 5.75 Å². The lowest BCUT2D eigenvalue weighted by Crippen LogP contribution is -2.32. The fourth-order valence-electron chi connectivity index (χ4n) is 2.78. The topological polar surface area (TPSA) is 44.8 Å². The normalized spacial score (nSPS) is 11.6. The van der Waals surface area contributed by atoms with Crippen LogP contribution in [0.4, 0.5) is 0 Å². The van der Waals surface area contributed by atoms with E-state index in [1.807, 2.05) is 48.6 Å². The second-order valence-electron chi connectivity index (χ2n) is 6.19. The molecule has 0 radical (unpaired) electrons. The van der Waals surface area contributed by atoms with E-state index in [1.165, 1.54) is 0 Å². The second-order valence-corrected chi connectivity index (χ2v) is 6.19. The van der Waals surface area contributed by atoms with Gasteiger partial charge in [-0.25, -0.2) is 0 Å². The molecule has 2 rings (SSSR count). The molecule has 0 heterocycles. The van der Waals surface area contributed by atoms with Gasteiger partial charge in [0.05, 0.1) is 39.0 Å².